The van der Waals surface area contributed by atoms with Crippen molar-refractivity contribution < 1.29 is 36.8 Å². The van der Waals surface area contributed by atoms with Crippen LogP contribution in [0.2, 0.25) is 0 Å². The smallest absolute Gasteiger partial charge is 0.416 e. The minimum absolute atomic E-state index is 0.0107. The quantitative estimate of drug-likeness (QED) is 0.215. The van der Waals surface area contributed by atoms with Gasteiger partial charge in [-0.1, -0.05) is 0 Å². The summed E-state index contributed by atoms with van der Waals surface area (Å²) in [5, 5.41) is 15.1. The monoisotopic (exact) mass is 477 g/mol. The van der Waals surface area contributed by atoms with Crippen molar-refractivity contribution in [3.8, 4) is 17.2 Å². The van der Waals surface area contributed by atoms with Crippen LogP contribution >= 0.6 is 0 Å². The van der Waals surface area contributed by atoms with Crippen LogP contribution in [0.15, 0.2) is 65.8 Å². The number of nitrogens with zero attached hydrogens (tertiary/aromatic N) is 2. The van der Waals surface area contributed by atoms with Crippen molar-refractivity contribution >= 4 is 17.8 Å². The van der Waals surface area contributed by atoms with Gasteiger partial charge in [0.15, 0.2) is 0 Å². The van der Waals surface area contributed by atoms with Crippen LogP contribution in [0.5, 0.6) is 17.2 Å². The third kappa shape index (κ3) is 5.85. The van der Waals surface area contributed by atoms with Crippen molar-refractivity contribution in [1.29, 1.82) is 0 Å². The zero-order valence-electron chi connectivity index (χ0n) is 17.3. The molecule has 0 aliphatic carbocycles. The fourth-order valence-corrected chi connectivity index (χ4v) is 2.71. The first kappa shape index (κ1) is 24.2. The molecule has 1 amide bonds. The summed E-state index contributed by atoms with van der Waals surface area (Å²) in [6.45, 7) is 0. The summed E-state index contributed by atoms with van der Waals surface area (Å²) < 4.78 is 62.4. The maximum absolute atomic E-state index is 13.0. The Kier molecular flexibility index (Phi) is 7.09. The standard InChI is InChI=1S/C22H15F4N3O5/c1-33-17-7-9-19(34-20-8-4-15(22(24,25)26)11-18(20)29(31)32)14(10-17)12-27-28-21(30)13-2-5-16(23)6-3-13/h2-12H,1H3,(H,28,30)/b27-12-. The van der Waals surface area contributed by atoms with Gasteiger partial charge in [0.05, 0.1) is 23.8 Å². The van der Waals surface area contributed by atoms with E-state index in [1.165, 1.54) is 37.4 Å². The van der Waals surface area contributed by atoms with E-state index < -0.39 is 39.8 Å². The van der Waals surface area contributed by atoms with Gasteiger partial charge in [0.25, 0.3) is 5.91 Å². The zero-order valence-corrected chi connectivity index (χ0v) is 17.3. The largest absolute Gasteiger partial charge is 0.497 e. The molecular weight excluding hydrogens is 462 g/mol. The molecule has 3 aromatic carbocycles. The number of methoxy groups -OCH3 is 1. The molecule has 0 aromatic heterocycles. The Labute approximate surface area is 189 Å². The fourth-order valence-electron chi connectivity index (χ4n) is 2.71. The van der Waals surface area contributed by atoms with Crippen LogP contribution in [0.25, 0.3) is 0 Å². The Hall–Kier alpha value is -4.48. The highest BCUT2D eigenvalue weighted by Crippen LogP contribution is 2.38. The van der Waals surface area contributed by atoms with Crippen LogP contribution in [0.4, 0.5) is 23.2 Å². The van der Waals surface area contributed by atoms with E-state index in [1.54, 1.807) is 0 Å². The normalized spacial score (nSPS) is 11.3. The Bertz CT molecular complexity index is 1240. The summed E-state index contributed by atoms with van der Waals surface area (Å²) in [4.78, 5) is 22.4. The molecule has 0 fully saturated rings. The van der Waals surface area contributed by atoms with E-state index in [2.05, 4.69) is 10.5 Å². The number of ether oxygens (including phenoxy) is 2. The van der Waals surface area contributed by atoms with Crippen LogP contribution in [0, 0.1) is 15.9 Å². The van der Waals surface area contributed by atoms with Crippen LogP contribution in [0.3, 0.4) is 0 Å². The van der Waals surface area contributed by atoms with Crippen molar-refractivity contribution in [3.05, 3.63) is 93.3 Å². The number of rotatable bonds is 7. The molecule has 0 saturated carbocycles. The lowest BCUT2D eigenvalue weighted by Crippen LogP contribution is -2.17. The molecule has 0 bridgehead atoms. The first-order chi connectivity index (χ1) is 16.1. The molecule has 0 saturated heterocycles. The predicted octanol–water partition coefficient (Wildman–Crippen LogP) is 5.32. The van der Waals surface area contributed by atoms with Gasteiger partial charge < -0.3 is 9.47 Å². The van der Waals surface area contributed by atoms with Crippen molar-refractivity contribution in [2.24, 2.45) is 5.10 Å². The molecule has 0 spiro atoms. The average molecular weight is 477 g/mol. The van der Waals surface area contributed by atoms with Gasteiger partial charge in [-0.3, -0.25) is 14.9 Å². The number of nitrogens with one attached hydrogen (secondary N) is 1. The van der Waals surface area contributed by atoms with Gasteiger partial charge in [0.2, 0.25) is 5.75 Å². The van der Waals surface area contributed by atoms with Crippen molar-refractivity contribution in [1.82, 2.24) is 5.43 Å². The zero-order chi connectivity index (χ0) is 24.9. The molecule has 3 aromatic rings. The molecule has 3 rings (SSSR count). The highest BCUT2D eigenvalue weighted by atomic mass is 19.4. The lowest BCUT2D eigenvalue weighted by Gasteiger charge is -2.12. The maximum atomic E-state index is 13.0. The summed E-state index contributed by atoms with van der Waals surface area (Å²) in [6.07, 6.45) is -3.63. The van der Waals surface area contributed by atoms with Crippen molar-refractivity contribution in [2.75, 3.05) is 7.11 Å². The highest BCUT2D eigenvalue weighted by molar-refractivity contribution is 5.95. The third-order valence-electron chi connectivity index (χ3n) is 4.40. The molecule has 0 radical (unpaired) electrons. The van der Waals surface area contributed by atoms with Gasteiger partial charge >= 0.3 is 11.9 Å². The number of nitro benzene ring substituents is 1. The minimum atomic E-state index is -4.77. The van der Waals surface area contributed by atoms with Crippen molar-refractivity contribution in [3.63, 3.8) is 0 Å². The maximum Gasteiger partial charge on any atom is 0.416 e. The Morgan fingerprint density at radius 1 is 1.06 bits per heavy atom. The lowest BCUT2D eigenvalue weighted by molar-refractivity contribution is -0.385. The summed E-state index contributed by atoms with van der Waals surface area (Å²) in [7, 11) is 1.38. The third-order valence-corrected chi connectivity index (χ3v) is 4.40. The van der Waals surface area contributed by atoms with Crippen LogP contribution < -0.4 is 14.9 Å². The second-order valence-corrected chi connectivity index (χ2v) is 6.65. The van der Waals surface area contributed by atoms with Gasteiger partial charge in [-0.25, -0.2) is 9.82 Å². The first-order valence-corrected chi connectivity index (χ1v) is 9.39. The van der Waals surface area contributed by atoms with Gasteiger partial charge in [-0.05, 0) is 54.6 Å². The Morgan fingerprint density at radius 2 is 1.74 bits per heavy atom. The lowest BCUT2D eigenvalue weighted by atomic mass is 10.1. The second kappa shape index (κ2) is 9.98. The molecule has 0 heterocycles. The van der Waals surface area contributed by atoms with E-state index >= 15 is 0 Å². The molecule has 176 valence electrons. The SMILES string of the molecule is COc1ccc(Oc2ccc(C(F)(F)F)cc2[N+](=O)[O-])c(/C=N\NC(=O)c2ccc(F)cc2)c1. The summed E-state index contributed by atoms with van der Waals surface area (Å²) in [6, 6.07) is 10.8. The van der Waals surface area contributed by atoms with Crippen LogP contribution in [0.1, 0.15) is 21.5 Å². The van der Waals surface area contributed by atoms with E-state index in [-0.39, 0.29) is 16.9 Å². The number of hydrazone groups is 1. The number of alkyl halides is 3. The molecule has 0 aliphatic rings. The molecule has 12 heteroatoms. The molecule has 8 nitrogen and oxygen atoms in total. The number of halogens is 4. The number of amides is 1. The number of hydrogen-bond donors (Lipinski definition) is 1. The number of carbonyl (C=O) groups is 1. The van der Waals surface area contributed by atoms with E-state index in [4.69, 9.17) is 9.47 Å². The highest BCUT2D eigenvalue weighted by Gasteiger charge is 2.33. The van der Waals surface area contributed by atoms with Gasteiger partial charge in [0.1, 0.15) is 17.3 Å². The molecule has 34 heavy (non-hydrogen) atoms. The first-order valence-electron chi connectivity index (χ1n) is 9.39. The van der Waals surface area contributed by atoms with Crippen LogP contribution in [-0.4, -0.2) is 24.2 Å². The molecule has 0 aliphatic heterocycles. The molecular formula is C22H15F4N3O5. The number of hydrogen-bond acceptors (Lipinski definition) is 6. The summed E-state index contributed by atoms with van der Waals surface area (Å²) in [5.74, 6) is -1.26. The van der Waals surface area contributed by atoms with E-state index in [0.717, 1.165) is 24.4 Å². The van der Waals surface area contributed by atoms with Gasteiger partial charge in [-0.15, -0.1) is 0 Å². The van der Waals surface area contributed by atoms with E-state index in [1.807, 2.05) is 0 Å². The number of benzene rings is 3. The molecule has 1 N–H and O–H groups in total. The van der Waals surface area contributed by atoms with Crippen molar-refractivity contribution in [2.45, 2.75) is 6.18 Å². The van der Waals surface area contributed by atoms with Gasteiger partial charge in [0, 0.05) is 17.2 Å². The van der Waals surface area contributed by atoms with E-state index in [0.29, 0.717) is 17.9 Å². The topological polar surface area (TPSA) is 103 Å². The second-order valence-electron chi connectivity index (χ2n) is 6.65. The van der Waals surface area contributed by atoms with Crippen LogP contribution in [-0.2, 0) is 6.18 Å². The van der Waals surface area contributed by atoms with E-state index in [9.17, 15) is 32.5 Å². The molecule has 0 atom stereocenters. The number of nitro groups is 1. The van der Waals surface area contributed by atoms with Gasteiger partial charge in [-0.2, -0.15) is 18.3 Å². The minimum Gasteiger partial charge on any atom is -0.497 e. The summed E-state index contributed by atoms with van der Waals surface area (Å²) in [5.41, 5.74) is 0.463. The predicted molar refractivity (Wildman–Crippen MR) is 113 cm³/mol. The Balaban J connectivity index is 1.88. The fraction of sp³-hybridized carbons (Fsp3) is 0.0909. The Morgan fingerprint density at radius 3 is 2.35 bits per heavy atom. The summed E-state index contributed by atoms with van der Waals surface area (Å²) >= 11 is 0. The number of carbonyl (C=O) groups excluding carboxylic acids is 1. The molecule has 0 unspecified atom stereocenters. The average Bonchev–Trinajstić information content (AvgIpc) is 2.79.